The van der Waals surface area contributed by atoms with Gasteiger partial charge in [-0.15, -0.1) is 0 Å². The molecule has 9 nitrogen and oxygen atoms in total. The first-order chi connectivity index (χ1) is 16.8. The number of nitrogens with zero attached hydrogens (tertiary/aromatic N) is 3. The van der Waals surface area contributed by atoms with Gasteiger partial charge in [-0.05, 0) is 60.5 Å². The predicted octanol–water partition coefficient (Wildman–Crippen LogP) is 2.42. The molecular weight excluding hydrogens is 448 g/mol. The Morgan fingerprint density at radius 3 is 2.06 bits per heavy atom. The maximum Gasteiger partial charge on any atom is 0.335 e. The average Bonchev–Trinajstić information content (AvgIpc) is 3.26. The number of aromatic amines is 1. The molecule has 35 heavy (non-hydrogen) atoms. The van der Waals surface area contributed by atoms with Crippen molar-refractivity contribution in [2.45, 2.75) is 19.8 Å². The molecule has 0 atom stereocenters. The third-order valence-corrected chi connectivity index (χ3v) is 6.56. The summed E-state index contributed by atoms with van der Waals surface area (Å²) in [5, 5.41) is 17.0. The summed E-state index contributed by atoms with van der Waals surface area (Å²) in [5.74, 6) is -1.92. The Morgan fingerprint density at radius 2 is 1.46 bits per heavy atom. The molecule has 2 heterocycles. The predicted molar refractivity (Wildman–Crippen MR) is 129 cm³/mol. The minimum atomic E-state index is -0.904. The third kappa shape index (κ3) is 2.98. The van der Waals surface area contributed by atoms with Gasteiger partial charge in [-0.3, -0.25) is 19.4 Å². The second kappa shape index (κ2) is 7.36. The highest BCUT2D eigenvalue weighted by Crippen LogP contribution is 2.38. The van der Waals surface area contributed by atoms with Crippen LogP contribution in [0.2, 0.25) is 0 Å². The van der Waals surface area contributed by atoms with E-state index < -0.39 is 28.9 Å². The van der Waals surface area contributed by atoms with Crippen molar-refractivity contribution in [2.24, 2.45) is 5.10 Å². The van der Waals surface area contributed by atoms with Gasteiger partial charge >= 0.3 is 5.69 Å². The summed E-state index contributed by atoms with van der Waals surface area (Å²) in [6.07, 6.45) is 2.63. The summed E-state index contributed by atoms with van der Waals surface area (Å²) in [7, 11) is 0. The van der Waals surface area contributed by atoms with Crippen LogP contribution in [0.1, 0.15) is 43.0 Å². The zero-order valence-electron chi connectivity index (χ0n) is 18.5. The number of hydrazone groups is 1. The Kier molecular flexibility index (Phi) is 4.37. The number of rotatable bonds is 3. The Bertz CT molecular complexity index is 1690. The number of nitrogens with one attached hydrogen (secondary N) is 1. The maximum absolute atomic E-state index is 13.2. The molecule has 0 radical (unpaired) electrons. The highest BCUT2D eigenvalue weighted by molar-refractivity contribution is 6.26. The first kappa shape index (κ1) is 20.8. The van der Waals surface area contributed by atoms with Gasteiger partial charge < -0.3 is 5.11 Å². The summed E-state index contributed by atoms with van der Waals surface area (Å²) < 4.78 is 0.913. The number of amides is 2. The van der Waals surface area contributed by atoms with Gasteiger partial charge in [0.15, 0.2) is 0 Å². The molecule has 1 aliphatic carbocycles. The van der Waals surface area contributed by atoms with E-state index in [4.69, 9.17) is 0 Å². The van der Waals surface area contributed by atoms with Gasteiger partial charge in [-0.1, -0.05) is 29.8 Å². The van der Waals surface area contributed by atoms with Gasteiger partial charge in [0, 0.05) is 5.39 Å². The number of imide groups is 1. The molecule has 2 aliphatic rings. The number of H-pyrrole nitrogens is 1. The fourth-order valence-electron chi connectivity index (χ4n) is 4.81. The molecule has 0 saturated heterocycles. The fourth-order valence-corrected chi connectivity index (χ4v) is 4.81. The molecule has 2 N–H and O–H groups in total. The standard InChI is InChI=1S/C26H18N4O5/c1-13-2-8-16(9-3-13)29-23(32)19(22(31)28-26(29)35)12-27-30-24(33)17-10-6-14-4-5-15-7-11-18(25(30)34)21(17)20(14)15/h2-3,6-12,32H,4-5H2,1H3,(H,28,31,35). The lowest BCUT2D eigenvalue weighted by Crippen LogP contribution is -2.37. The Balaban J connectivity index is 1.45. The van der Waals surface area contributed by atoms with E-state index in [2.05, 4.69) is 10.1 Å². The maximum atomic E-state index is 13.2. The molecule has 6 rings (SSSR count). The van der Waals surface area contributed by atoms with Crippen molar-refractivity contribution in [1.29, 1.82) is 0 Å². The molecule has 0 saturated carbocycles. The van der Waals surface area contributed by atoms with E-state index in [0.29, 0.717) is 27.2 Å². The van der Waals surface area contributed by atoms with Crippen LogP contribution >= 0.6 is 0 Å². The van der Waals surface area contributed by atoms with E-state index in [1.807, 2.05) is 19.1 Å². The number of carbonyl (C=O) groups excluding carboxylic acids is 2. The molecule has 1 aliphatic heterocycles. The van der Waals surface area contributed by atoms with Crippen molar-refractivity contribution in [3.05, 3.63) is 103 Å². The zero-order chi connectivity index (χ0) is 24.4. The van der Waals surface area contributed by atoms with Crippen LogP contribution in [0, 0.1) is 6.92 Å². The summed E-state index contributed by atoms with van der Waals surface area (Å²) in [6.45, 7) is 1.87. The lowest BCUT2D eigenvalue weighted by molar-refractivity contribution is 0.0616. The lowest BCUT2D eigenvalue weighted by atomic mass is 9.92. The number of hydrogen-bond donors (Lipinski definition) is 2. The summed E-state index contributed by atoms with van der Waals surface area (Å²) in [4.78, 5) is 53.4. The van der Waals surface area contributed by atoms with E-state index in [1.54, 1.807) is 36.4 Å². The largest absolute Gasteiger partial charge is 0.493 e. The molecule has 0 unspecified atom stereocenters. The van der Waals surface area contributed by atoms with Crippen molar-refractivity contribution in [2.75, 3.05) is 0 Å². The van der Waals surface area contributed by atoms with Crippen LogP contribution in [0.25, 0.3) is 16.5 Å². The molecule has 4 aromatic rings. The number of hydrogen-bond acceptors (Lipinski definition) is 6. The molecule has 9 heteroatoms. The molecule has 3 aromatic carbocycles. The lowest BCUT2D eigenvalue weighted by Gasteiger charge is -2.23. The fraction of sp³-hybridized carbons (Fsp3) is 0.115. The average molecular weight is 466 g/mol. The minimum absolute atomic E-state index is 0.326. The number of benzene rings is 3. The van der Waals surface area contributed by atoms with E-state index in [9.17, 15) is 24.3 Å². The second-order valence-electron chi connectivity index (χ2n) is 8.63. The Hall–Kier alpha value is -4.79. The zero-order valence-corrected chi connectivity index (χ0v) is 18.5. The first-order valence-electron chi connectivity index (χ1n) is 11.0. The minimum Gasteiger partial charge on any atom is -0.493 e. The normalized spacial score (nSPS) is 14.5. The van der Waals surface area contributed by atoms with Crippen LogP contribution in [-0.4, -0.2) is 37.7 Å². The third-order valence-electron chi connectivity index (χ3n) is 6.56. The summed E-state index contributed by atoms with van der Waals surface area (Å²) in [6, 6.07) is 13.9. The summed E-state index contributed by atoms with van der Waals surface area (Å²) in [5.41, 5.74) is 2.07. The smallest absolute Gasteiger partial charge is 0.335 e. The van der Waals surface area contributed by atoms with Gasteiger partial charge in [-0.2, -0.15) is 10.1 Å². The molecule has 2 amide bonds. The molecule has 172 valence electrons. The molecule has 0 bridgehead atoms. The van der Waals surface area contributed by atoms with Crippen molar-refractivity contribution >= 4 is 28.8 Å². The van der Waals surface area contributed by atoms with E-state index in [1.165, 1.54) is 0 Å². The monoisotopic (exact) mass is 466 g/mol. The van der Waals surface area contributed by atoms with Crippen molar-refractivity contribution < 1.29 is 14.7 Å². The van der Waals surface area contributed by atoms with E-state index in [0.717, 1.165) is 45.7 Å². The van der Waals surface area contributed by atoms with Crippen molar-refractivity contribution in [3.63, 3.8) is 0 Å². The SMILES string of the molecule is Cc1ccc(-n2c(O)c(C=NN3C(=O)c4ccc5c6c(ccc(c46)C3=O)CC5)c(=O)[nH]c2=O)cc1. The number of aromatic hydroxyl groups is 1. The van der Waals surface area contributed by atoms with Crippen LogP contribution < -0.4 is 11.2 Å². The van der Waals surface area contributed by atoms with Gasteiger partial charge in [-0.25, -0.2) is 9.36 Å². The highest BCUT2D eigenvalue weighted by atomic mass is 16.3. The molecular formula is C26H18N4O5. The number of carbonyl (C=O) groups is 2. The Labute approximate surface area is 197 Å². The van der Waals surface area contributed by atoms with Crippen LogP contribution in [0.3, 0.4) is 0 Å². The van der Waals surface area contributed by atoms with Gasteiger partial charge in [0.1, 0.15) is 5.56 Å². The number of aromatic nitrogens is 2. The van der Waals surface area contributed by atoms with Gasteiger partial charge in [0.2, 0.25) is 5.88 Å². The van der Waals surface area contributed by atoms with Crippen molar-refractivity contribution in [3.8, 4) is 11.6 Å². The molecule has 1 aromatic heterocycles. The van der Waals surface area contributed by atoms with Crippen LogP contribution in [-0.2, 0) is 12.8 Å². The molecule has 0 spiro atoms. The highest BCUT2D eigenvalue weighted by Gasteiger charge is 2.35. The second-order valence-corrected chi connectivity index (χ2v) is 8.63. The van der Waals surface area contributed by atoms with Crippen LogP contribution in [0.5, 0.6) is 5.88 Å². The topological polar surface area (TPSA) is 125 Å². The van der Waals surface area contributed by atoms with Gasteiger partial charge in [0.05, 0.1) is 23.0 Å². The molecule has 0 fully saturated rings. The van der Waals surface area contributed by atoms with Gasteiger partial charge in [0.25, 0.3) is 17.4 Å². The van der Waals surface area contributed by atoms with Crippen LogP contribution in [0.15, 0.2) is 63.2 Å². The van der Waals surface area contributed by atoms with E-state index in [-0.39, 0.29) is 5.56 Å². The Morgan fingerprint density at radius 1 is 0.857 bits per heavy atom. The van der Waals surface area contributed by atoms with Crippen molar-refractivity contribution in [1.82, 2.24) is 14.6 Å². The number of aryl methyl sites for hydroxylation is 3. The summed E-state index contributed by atoms with van der Waals surface area (Å²) >= 11 is 0. The first-order valence-corrected chi connectivity index (χ1v) is 11.0. The van der Waals surface area contributed by atoms with E-state index >= 15 is 0 Å². The quantitative estimate of drug-likeness (QED) is 0.354. The van der Waals surface area contributed by atoms with Crippen LogP contribution in [0.4, 0.5) is 0 Å².